The van der Waals surface area contributed by atoms with E-state index in [0.717, 1.165) is 39.3 Å². The van der Waals surface area contributed by atoms with E-state index in [1.807, 2.05) is 4.90 Å². The van der Waals surface area contributed by atoms with Crippen molar-refractivity contribution >= 4 is 5.91 Å². The molecule has 2 aliphatic rings. The van der Waals surface area contributed by atoms with Crippen LogP contribution in [0.5, 0.6) is 0 Å². The van der Waals surface area contributed by atoms with Crippen molar-refractivity contribution in [1.29, 1.82) is 5.26 Å². The van der Waals surface area contributed by atoms with Crippen molar-refractivity contribution in [1.82, 2.24) is 15.1 Å². The lowest BCUT2D eigenvalue weighted by Gasteiger charge is -2.46. The van der Waals surface area contributed by atoms with Gasteiger partial charge in [-0.3, -0.25) is 9.69 Å². The Morgan fingerprint density at radius 3 is 2.45 bits per heavy atom. The lowest BCUT2D eigenvalue weighted by molar-refractivity contribution is 0.0227. The van der Waals surface area contributed by atoms with E-state index in [2.05, 4.69) is 16.3 Å². The van der Waals surface area contributed by atoms with Crippen LogP contribution in [0.25, 0.3) is 0 Å². The number of nitrogens with one attached hydrogen (secondary N) is 1. The van der Waals surface area contributed by atoms with E-state index >= 15 is 0 Å². The van der Waals surface area contributed by atoms with Crippen LogP contribution in [0.4, 0.5) is 0 Å². The smallest absolute Gasteiger partial charge is 0.253 e. The van der Waals surface area contributed by atoms with E-state index in [9.17, 15) is 4.79 Å². The van der Waals surface area contributed by atoms with E-state index < -0.39 is 0 Å². The highest BCUT2D eigenvalue weighted by molar-refractivity contribution is 5.94. The van der Waals surface area contributed by atoms with Gasteiger partial charge in [-0.2, -0.15) is 5.26 Å². The second-order valence-electron chi connectivity index (χ2n) is 5.34. The molecule has 2 saturated heterocycles. The van der Waals surface area contributed by atoms with Crippen LogP contribution in [-0.4, -0.2) is 61.0 Å². The highest BCUT2D eigenvalue weighted by atomic mass is 16.2. The SMILES string of the molecule is N#Cc1ccc(C(=O)N2CC(N3CCNCC3)C2)cc1. The molecule has 0 unspecified atom stereocenters. The highest BCUT2D eigenvalue weighted by Gasteiger charge is 2.35. The number of carbonyl (C=O) groups excluding carboxylic acids is 1. The van der Waals surface area contributed by atoms with E-state index in [0.29, 0.717) is 17.2 Å². The van der Waals surface area contributed by atoms with Gasteiger partial charge in [-0.15, -0.1) is 0 Å². The van der Waals surface area contributed by atoms with Crippen molar-refractivity contribution in [3.8, 4) is 6.07 Å². The predicted molar refractivity (Wildman–Crippen MR) is 75.3 cm³/mol. The summed E-state index contributed by atoms with van der Waals surface area (Å²) in [6.45, 7) is 5.87. The average molecular weight is 270 g/mol. The van der Waals surface area contributed by atoms with Crippen molar-refractivity contribution in [2.75, 3.05) is 39.3 Å². The van der Waals surface area contributed by atoms with Gasteiger partial charge in [0.25, 0.3) is 5.91 Å². The van der Waals surface area contributed by atoms with Gasteiger partial charge in [0.1, 0.15) is 0 Å². The Hall–Kier alpha value is -1.90. The molecule has 2 heterocycles. The van der Waals surface area contributed by atoms with Gasteiger partial charge >= 0.3 is 0 Å². The van der Waals surface area contributed by atoms with Gasteiger partial charge in [0.05, 0.1) is 11.6 Å². The fourth-order valence-corrected chi connectivity index (χ4v) is 2.77. The maximum absolute atomic E-state index is 12.3. The molecule has 0 atom stereocenters. The first-order valence-corrected chi connectivity index (χ1v) is 7.02. The maximum Gasteiger partial charge on any atom is 0.253 e. The molecule has 0 bridgehead atoms. The van der Waals surface area contributed by atoms with Crippen LogP contribution in [0.2, 0.25) is 0 Å². The summed E-state index contributed by atoms with van der Waals surface area (Å²) in [6, 6.07) is 9.44. The topological polar surface area (TPSA) is 59.4 Å². The molecule has 2 aliphatic heterocycles. The molecular formula is C15H18N4O. The number of likely N-dealkylation sites (tertiary alicyclic amines) is 1. The third kappa shape index (κ3) is 2.53. The van der Waals surface area contributed by atoms with Crippen molar-refractivity contribution < 1.29 is 4.79 Å². The molecule has 1 aromatic carbocycles. The third-order valence-corrected chi connectivity index (χ3v) is 4.08. The first-order valence-electron chi connectivity index (χ1n) is 7.02. The Kier molecular flexibility index (Phi) is 3.68. The summed E-state index contributed by atoms with van der Waals surface area (Å²) in [4.78, 5) is 16.6. The Morgan fingerprint density at radius 1 is 1.20 bits per heavy atom. The average Bonchev–Trinajstić information content (AvgIpc) is 2.47. The summed E-state index contributed by atoms with van der Waals surface area (Å²) in [7, 11) is 0. The standard InChI is InChI=1S/C15H18N4O/c16-9-12-1-3-13(4-2-12)15(20)19-10-14(11-19)18-7-5-17-6-8-18/h1-4,14,17H,5-8,10-11H2. The van der Waals surface area contributed by atoms with E-state index in [1.165, 1.54) is 0 Å². The fourth-order valence-electron chi connectivity index (χ4n) is 2.77. The van der Waals surface area contributed by atoms with Gasteiger partial charge in [-0.25, -0.2) is 0 Å². The number of piperazine rings is 1. The second kappa shape index (κ2) is 5.61. The van der Waals surface area contributed by atoms with Gasteiger partial charge in [-0.1, -0.05) is 0 Å². The van der Waals surface area contributed by atoms with Crippen LogP contribution in [0, 0.1) is 11.3 Å². The van der Waals surface area contributed by atoms with Crippen LogP contribution in [-0.2, 0) is 0 Å². The first kappa shape index (κ1) is 13.1. The molecular weight excluding hydrogens is 252 g/mol. The van der Waals surface area contributed by atoms with Crippen molar-refractivity contribution in [3.63, 3.8) is 0 Å². The lowest BCUT2D eigenvalue weighted by atomic mass is 10.0. The molecule has 1 N–H and O–H groups in total. The minimum absolute atomic E-state index is 0.0703. The monoisotopic (exact) mass is 270 g/mol. The van der Waals surface area contributed by atoms with Crippen molar-refractivity contribution in [2.45, 2.75) is 6.04 Å². The summed E-state index contributed by atoms with van der Waals surface area (Å²) in [5.74, 6) is 0.0703. The quantitative estimate of drug-likeness (QED) is 0.839. The fraction of sp³-hybridized carbons (Fsp3) is 0.467. The second-order valence-corrected chi connectivity index (χ2v) is 5.34. The summed E-state index contributed by atoms with van der Waals surface area (Å²) >= 11 is 0. The van der Waals surface area contributed by atoms with Gasteiger partial charge in [-0.05, 0) is 24.3 Å². The molecule has 1 amide bonds. The van der Waals surface area contributed by atoms with Gasteiger partial charge in [0.15, 0.2) is 0 Å². The number of hydrogen-bond acceptors (Lipinski definition) is 4. The Balaban J connectivity index is 1.56. The maximum atomic E-state index is 12.3. The molecule has 5 nitrogen and oxygen atoms in total. The van der Waals surface area contributed by atoms with Gasteiger partial charge in [0, 0.05) is 50.9 Å². The zero-order valence-corrected chi connectivity index (χ0v) is 11.4. The van der Waals surface area contributed by atoms with Crippen molar-refractivity contribution in [2.24, 2.45) is 0 Å². The lowest BCUT2D eigenvalue weighted by Crippen LogP contribution is -2.63. The molecule has 0 spiro atoms. The number of amides is 1. The Bertz CT molecular complexity index is 522. The van der Waals surface area contributed by atoms with E-state index in [1.54, 1.807) is 24.3 Å². The van der Waals surface area contributed by atoms with E-state index in [-0.39, 0.29) is 5.91 Å². The number of nitrogens with zero attached hydrogens (tertiary/aromatic N) is 3. The number of benzene rings is 1. The van der Waals surface area contributed by atoms with Crippen LogP contribution in [0.3, 0.4) is 0 Å². The zero-order chi connectivity index (χ0) is 13.9. The summed E-state index contributed by atoms with van der Waals surface area (Å²) in [6.07, 6.45) is 0. The molecule has 1 aromatic rings. The summed E-state index contributed by atoms with van der Waals surface area (Å²) < 4.78 is 0. The molecule has 0 saturated carbocycles. The normalized spacial score (nSPS) is 20.2. The molecule has 0 radical (unpaired) electrons. The Morgan fingerprint density at radius 2 is 1.85 bits per heavy atom. The third-order valence-electron chi connectivity index (χ3n) is 4.08. The van der Waals surface area contributed by atoms with Crippen LogP contribution >= 0.6 is 0 Å². The van der Waals surface area contributed by atoms with Crippen LogP contribution in [0.1, 0.15) is 15.9 Å². The Labute approximate surface area is 118 Å². The zero-order valence-electron chi connectivity index (χ0n) is 11.4. The first-order chi connectivity index (χ1) is 9.78. The minimum Gasteiger partial charge on any atom is -0.335 e. The molecule has 3 rings (SSSR count). The van der Waals surface area contributed by atoms with Gasteiger partial charge in [0.2, 0.25) is 0 Å². The van der Waals surface area contributed by atoms with E-state index in [4.69, 9.17) is 5.26 Å². The van der Waals surface area contributed by atoms with Gasteiger partial charge < -0.3 is 10.2 Å². The summed E-state index contributed by atoms with van der Waals surface area (Å²) in [5.41, 5.74) is 1.26. The number of nitriles is 1. The minimum atomic E-state index is 0.0703. The molecule has 0 aliphatic carbocycles. The summed E-state index contributed by atoms with van der Waals surface area (Å²) in [5, 5.41) is 12.1. The van der Waals surface area contributed by atoms with Crippen LogP contribution in [0.15, 0.2) is 24.3 Å². The highest BCUT2D eigenvalue weighted by Crippen LogP contribution is 2.18. The number of rotatable bonds is 2. The predicted octanol–water partition coefficient (Wildman–Crippen LogP) is 0.288. The molecule has 2 fully saturated rings. The molecule has 5 heteroatoms. The largest absolute Gasteiger partial charge is 0.335 e. The molecule has 0 aromatic heterocycles. The van der Waals surface area contributed by atoms with Crippen molar-refractivity contribution in [3.05, 3.63) is 35.4 Å². The molecule has 104 valence electrons. The number of hydrogen-bond donors (Lipinski definition) is 1. The van der Waals surface area contributed by atoms with Crippen LogP contribution < -0.4 is 5.32 Å². The molecule has 20 heavy (non-hydrogen) atoms. The number of carbonyl (C=O) groups is 1.